The zero-order valence-electron chi connectivity index (χ0n) is 13.2. The van der Waals surface area contributed by atoms with Crippen LogP contribution >= 0.6 is 15.9 Å². The zero-order chi connectivity index (χ0) is 15.4. The first-order valence-electron chi connectivity index (χ1n) is 7.52. The molecule has 2 aromatic rings. The van der Waals surface area contributed by atoms with Crippen LogP contribution in [-0.2, 0) is 19.4 Å². The van der Waals surface area contributed by atoms with Crippen LogP contribution in [0.5, 0.6) is 0 Å². The van der Waals surface area contributed by atoms with E-state index in [1.54, 1.807) is 0 Å². The van der Waals surface area contributed by atoms with Gasteiger partial charge in [-0.05, 0) is 33.6 Å². The Morgan fingerprint density at radius 2 is 2.00 bits per heavy atom. The second kappa shape index (κ2) is 7.18. The molecule has 0 radical (unpaired) electrons. The van der Waals surface area contributed by atoms with Gasteiger partial charge < -0.3 is 5.32 Å². The second-order valence-electron chi connectivity index (χ2n) is 5.38. The molecule has 0 atom stereocenters. The summed E-state index contributed by atoms with van der Waals surface area (Å²) in [7, 11) is 0. The number of aryl methyl sites for hydroxylation is 2. The molecule has 0 fully saturated rings. The molecule has 21 heavy (non-hydrogen) atoms. The van der Waals surface area contributed by atoms with Crippen molar-refractivity contribution in [1.82, 2.24) is 20.1 Å². The maximum absolute atomic E-state index is 4.59. The monoisotopic (exact) mass is 350 g/mol. The van der Waals surface area contributed by atoms with Crippen LogP contribution in [0.4, 0.5) is 0 Å². The van der Waals surface area contributed by atoms with Gasteiger partial charge in [0.15, 0.2) is 5.82 Å². The van der Waals surface area contributed by atoms with Crippen molar-refractivity contribution in [3.05, 3.63) is 39.9 Å². The molecule has 0 amide bonds. The lowest BCUT2D eigenvalue weighted by molar-refractivity contribution is 0.588. The molecule has 1 aromatic carbocycles. The van der Waals surface area contributed by atoms with Crippen LogP contribution < -0.4 is 5.32 Å². The average molecular weight is 351 g/mol. The lowest BCUT2D eigenvalue weighted by Crippen LogP contribution is -2.21. The number of halogens is 1. The number of hydrogen-bond donors (Lipinski definition) is 1. The molecule has 0 spiro atoms. The predicted molar refractivity (Wildman–Crippen MR) is 89.8 cm³/mol. The number of aromatic nitrogens is 3. The Morgan fingerprint density at radius 1 is 1.24 bits per heavy atom. The van der Waals surface area contributed by atoms with Gasteiger partial charge in [0.1, 0.15) is 5.82 Å². The molecular weight excluding hydrogens is 328 g/mol. The molecule has 1 N–H and O–H groups in total. The Hall–Kier alpha value is -1.20. The van der Waals surface area contributed by atoms with Gasteiger partial charge in [0.2, 0.25) is 0 Å². The van der Waals surface area contributed by atoms with Crippen molar-refractivity contribution in [1.29, 1.82) is 0 Å². The summed E-state index contributed by atoms with van der Waals surface area (Å²) in [4.78, 5) is 4.57. The Labute approximate surface area is 135 Å². The van der Waals surface area contributed by atoms with Crippen molar-refractivity contribution in [3.8, 4) is 5.69 Å². The normalized spacial score (nSPS) is 11.3. The van der Waals surface area contributed by atoms with E-state index in [0.29, 0.717) is 6.04 Å². The summed E-state index contributed by atoms with van der Waals surface area (Å²) in [6.45, 7) is 9.36. The first-order chi connectivity index (χ1) is 10.0. The standard InChI is InChI=1S/C16H23BrN4/c1-5-15-19-16(6-2)21(20-15)14-8-7-12(9-13(14)17)10-18-11(3)4/h7-9,11,18H,5-6,10H2,1-4H3. The summed E-state index contributed by atoms with van der Waals surface area (Å²) in [6, 6.07) is 6.88. The minimum absolute atomic E-state index is 0.484. The second-order valence-corrected chi connectivity index (χ2v) is 6.24. The van der Waals surface area contributed by atoms with Crippen LogP contribution in [0.3, 0.4) is 0 Å². The quantitative estimate of drug-likeness (QED) is 0.864. The Bertz CT molecular complexity index is 604. The third kappa shape index (κ3) is 3.92. The average Bonchev–Trinajstić information content (AvgIpc) is 2.88. The van der Waals surface area contributed by atoms with Crippen molar-refractivity contribution in [2.24, 2.45) is 0 Å². The van der Waals surface area contributed by atoms with E-state index in [2.05, 4.69) is 77.2 Å². The van der Waals surface area contributed by atoms with E-state index >= 15 is 0 Å². The topological polar surface area (TPSA) is 42.7 Å². The van der Waals surface area contributed by atoms with E-state index in [-0.39, 0.29) is 0 Å². The molecule has 1 aromatic heterocycles. The van der Waals surface area contributed by atoms with Crippen LogP contribution in [0.1, 0.15) is 44.9 Å². The van der Waals surface area contributed by atoms with Crippen LogP contribution in [0.15, 0.2) is 22.7 Å². The van der Waals surface area contributed by atoms with Gasteiger partial charge in [-0.1, -0.05) is 33.8 Å². The summed E-state index contributed by atoms with van der Waals surface area (Å²) < 4.78 is 3.00. The van der Waals surface area contributed by atoms with Crippen molar-refractivity contribution in [3.63, 3.8) is 0 Å². The highest BCUT2D eigenvalue weighted by molar-refractivity contribution is 9.10. The highest BCUT2D eigenvalue weighted by Crippen LogP contribution is 2.23. The molecule has 1 heterocycles. The third-order valence-electron chi connectivity index (χ3n) is 3.31. The highest BCUT2D eigenvalue weighted by atomic mass is 79.9. The Kier molecular flexibility index (Phi) is 5.53. The number of benzene rings is 1. The molecule has 114 valence electrons. The van der Waals surface area contributed by atoms with Crippen LogP contribution in [0.25, 0.3) is 5.69 Å². The number of nitrogens with one attached hydrogen (secondary N) is 1. The van der Waals surface area contributed by atoms with Crippen molar-refractivity contribution in [2.45, 2.75) is 53.1 Å². The number of nitrogens with zero attached hydrogens (tertiary/aromatic N) is 3. The highest BCUT2D eigenvalue weighted by Gasteiger charge is 2.12. The van der Waals surface area contributed by atoms with Gasteiger partial charge >= 0.3 is 0 Å². The Balaban J connectivity index is 2.30. The van der Waals surface area contributed by atoms with Crippen molar-refractivity contribution < 1.29 is 0 Å². The number of hydrogen-bond acceptors (Lipinski definition) is 3. The zero-order valence-corrected chi connectivity index (χ0v) is 14.7. The van der Waals surface area contributed by atoms with Crippen molar-refractivity contribution in [2.75, 3.05) is 0 Å². The summed E-state index contributed by atoms with van der Waals surface area (Å²) >= 11 is 3.67. The molecule has 0 aliphatic rings. The SMILES string of the molecule is CCc1nc(CC)n(-c2ccc(CNC(C)C)cc2Br)n1. The minimum Gasteiger partial charge on any atom is -0.310 e. The van der Waals surface area contributed by atoms with E-state index in [9.17, 15) is 0 Å². The smallest absolute Gasteiger partial charge is 0.151 e. The maximum atomic E-state index is 4.59. The van der Waals surface area contributed by atoms with E-state index in [0.717, 1.165) is 41.2 Å². The van der Waals surface area contributed by atoms with Gasteiger partial charge in [-0.2, -0.15) is 5.10 Å². The van der Waals surface area contributed by atoms with Gasteiger partial charge in [0, 0.05) is 29.9 Å². The van der Waals surface area contributed by atoms with Gasteiger partial charge in [-0.25, -0.2) is 9.67 Å². The molecule has 0 unspecified atom stereocenters. The van der Waals surface area contributed by atoms with E-state index in [1.807, 2.05) is 4.68 Å². The van der Waals surface area contributed by atoms with Crippen LogP contribution in [0.2, 0.25) is 0 Å². The van der Waals surface area contributed by atoms with Crippen LogP contribution in [-0.4, -0.2) is 20.8 Å². The first kappa shape index (κ1) is 16.2. The third-order valence-corrected chi connectivity index (χ3v) is 3.94. The molecule has 0 aliphatic carbocycles. The van der Waals surface area contributed by atoms with Gasteiger partial charge in [-0.15, -0.1) is 0 Å². The molecular formula is C16H23BrN4. The Morgan fingerprint density at radius 3 is 2.57 bits per heavy atom. The first-order valence-corrected chi connectivity index (χ1v) is 8.31. The fourth-order valence-electron chi connectivity index (χ4n) is 2.12. The number of rotatable bonds is 6. The summed E-state index contributed by atoms with van der Waals surface area (Å²) in [5.74, 6) is 1.89. The van der Waals surface area contributed by atoms with E-state index < -0.39 is 0 Å². The fourth-order valence-corrected chi connectivity index (χ4v) is 2.71. The molecule has 0 aliphatic heterocycles. The molecule has 0 saturated carbocycles. The van der Waals surface area contributed by atoms with Gasteiger partial charge in [-0.3, -0.25) is 0 Å². The lowest BCUT2D eigenvalue weighted by Gasteiger charge is -2.11. The largest absolute Gasteiger partial charge is 0.310 e. The van der Waals surface area contributed by atoms with Crippen LogP contribution in [0, 0.1) is 0 Å². The predicted octanol–water partition coefficient (Wildman–Crippen LogP) is 3.65. The van der Waals surface area contributed by atoms with Gasteiger partial charge in [0.05, 0.1) is 5.69 Å². The molecule has 0 saturated heterocycles. The summed E-state index contributed by atoms with van der Waals surface area (Å²) in [5, 5.41) is 8.02. The lowest BCUT2D eigenvalue weighted by atomic mass is 10.2. The minimum atomic E-state index is 0.484. The molecule has 2 rings (SSSR count). The van der Waals surface area contributed by atoms with Crippen molar-refractivity contribution >= 4 is 15.9 Å². The molecule has 0 bridgehead atoms. The fraction of sp³-hybridized carbons (Fsp3) is 0.500. The van der Waals surface area contributed by atoms with E-state index in [4.69, 9.17) is 0 Å². The summed E-state index contributed by atoms with van der Waals surface area (Å²) in [5.41, 5.74) is 2.31. The van der Waals surface area contributed by atoms with E-state index in [1.165, 1.54) is 5.56 Å². The molecule has 5 heteroatoms. The van der Waals surface area contributed by atoms with Gasteiger partial charge in [0.25, 0.3) is 0 Å². The maximum Gasteiger partial charge on any atom is 0.151 e. The molecule has 4 nitrogen and oxygen atoms in total. The summed E-state index contributed by atoms with van der Waals surface area (Å²) in [6.07, 6.45) is 1.73.